The number of carbonyl (C=O) groups is 1. The lowest BCUT2D eigenvalue weighted by molar-refractivity contribution is 0.0995. The Kier molecular flexibility index (Phi) is 3.65. The average molecular weight is 328 g/mol. The summed E-state index contributed by atoms with van der Waals surface area (Å²) >= 11 is 0. The molecule has 0 radical (unpaired) electrons. The third-order valence-electron chi connectivity index (χ3n) is 4.88. The van der Waals surface area contributed by atoms with Crippen LogP contribution in [0.4, 0.5) is 5.69 Å². The minimum atomic E-state index is -0.240. The van der Waals surface area contributed by atoms with E-state index >= 15 is 0 Å². The highest BCUT2D eigenvalue weighted by Gasteiger charge is 2.37. The van der Waals surface area contributed by atoms with E-state index in [-0.39, 0.29) is 11.2 Å². The van der Waals surface area contributed by atoms with Gasteiger partial charge in [0.05, 0.1) is 5.52 Å². The number of hydrogen-bond acceptors (Lipinski definition) is 3. The molecule has 1 aliphatic rings. The van der Waals surface area contributed by atoms with E-state index in [4.69, 9.17) is 0 Å². The third-order valence-corrected chi connectivity index (χ3v) is 4.88. The number of Topliss-reactive ketones (excluding diaryl/α,β-unsaturated/α-hetero) is 1. The molecule has 1 aromatic heterocycles. The van der Waals surface area contributed by atoms with Crippen LogP contribution in [0.15, 0.2) is 72.6 Å². The summed E-state index contributed by atoms with van der Waals surface area (Å²) < 4.78 is 0. The zero-order chi connectivity index (χ0) is 17.4. The van der Waals surface area contributed by atoms with Gasteiger partial charge in [0.25, 0.3) is 0 Å². The van der Waals surface area contributed by atoms with Crippen molar-refractivity contribution in [2.24, 2.45) is 5.41 Å². The molecule has 124 valence electrons. The highest BCUT2D eigenvalue weighted by atomic mass is 16.1. The van der Waals surface area contributed by atoms with Gasteiger partial charge in [0, 0.05) is 34.6 Å². The summed E-state index contributed by atoms with van der Waals surface area (Å²) in [5, 5.41) is 4.35. The molecule has 0 bridgehead atoms. The maximum atomic E-state index is 13.1. The van der Waals surface area contributed by atoms with E-state index in [9.17, 15) is 4.79 Å². The topological polar surface area (TPSA) is 42.0 Å². The standard InChI is InChI=1S/C22H20N2O/c1-22(2)12-17-16-10-6-7-11-20(16)24-13-18(17)21(25)19(22)14-23-15-8-4-3-5-9-15/h3-11,13-14,23H,12H2,1-2H3. The van der Waals surface area contributed by atoms with E-state index in [0.717, 1.165) is 39.7 Å². The van der Waals surface area contributed by atoms with Crippen molar-refractivity contribution < 1.29 is 4.79 Å². The smallest absolute Gasteiger partial charge is 0.192 e. The van der Waals surface area contributed by atoms with Gasteiger partial charge in [-0.1, -0.05) is 50.2 Å². The van der Waals surface area contributed by atoms with Gasteiger partial charge < -0.3 is 5.32 Å². The van der Waals surface area contributed by atoms with Crippen molar-refractivity contribution in [3.8, 4) is 0 Å². The van der Waals surface area contributed by atoms with Crippen molar-refractivity contribution in [3.63, 3.8) is 0 Å². The number of para-hydroxylation sites is 2. The highest BCUT2D eigenvalue weighted by Crippen LogP contribution is 2.41. The lowest BCUT2D eigenvalue weighted by Crippen LogP contribution is -2.31. The largest absolute Gasteiger partial charge is 0.361 e. The number of nitrogens with zero attached hydrogens (tertiary/aromatic N) is 1. The van der Waals surface area contributed by atoms with E-state index < -0.39 is 0 Å². The molecule has 4 rings (SSSR count). The van der Waals surface area contributed by atoms with Crippen molar-refractivity contribution >= 4 is 22.4 Å². The Morgan fingerprint density at radius 1 is 1.04 bits per heavy atom. The number of aromatic nitrogens is 1. The van der Waals surface area contributed by atoms with Crippen LogP contribution >= 0.6 is 0 Å². The fraction of sp³-hybridized carbons (Fsp3) is 0.182. The number of pyridine rings is 1. The first kappa shape index (κ1) is 15.6. The molecule has 3 aromatic rings. The lowest BCUT2D eigenvalue weighted by Gasteiger charge is -2.33. The van der Waals surface area contributed by atoms with Crippen LogP contribution < -0.4 is 5.32 Å². The van der Waals surface area contributed by atoms with Crippen LogP contribution in [0.25, 0.3) is 10.9 Å². The Hall–Kier alpha value is -2.94. The Labute approximate surface area is 147 Å². The minimum Gasteiger partial charge on any atom is -0.361 e. The van der Waals surface area contributed by atoms with E-state index in [1.807, 2.05) is 54.7 Å². The fourth-order valence-electron chi connectivity index (χ4n) is 3.53. The van der Waals surface area contributed by atoms with E-state index in [2.05, 4.69) is 30.2 Å². The number of carbonyl (C=O) groups excluding carboxylic acids is 1. The third kappa shape index (κ3) is 2.72. The van der Waals surface area contributed by atoms with Crippen molar-refractivity contribution in [2.45, 2.75) is 20.3 Å². The van der Waals surface area contributed by atoms with Gasteiger partial charge >= 0.3 is 0 Å². The number of rotatable bonds is 2. The molecular formula is C22H20N2O. The number of allylic oxidation sites excluding steroid dienone is 1. The highest BCUT2D eigenvalue weighted by molar-refractivity contribution is 6.13. The van der Waals surface area contributed by atoms with Gasteiger partial charge in [-0.05, 0) is 35.6 Å². The van der Waals surface area contributed by atoms with Gasteiger partial charge in [-0.25, -0.2) is 0 Å². The molecular weight excluding hydrogens is 308 g/mol. The molecule has 0 spiro atoms. The molecule has 0 atom stereocenters. The van der Waals surface area contributed by atoms with Gasteiger partial charge in [0.2, 0.25) is 0 Å². The number of hydrogen-bond donors (Lipinski definition) is 1. The summed E-state index contributed by atoms with van der Waals surface area (Å²) in [6.07, 6.45) is 4.40. The first-order valence-corrected chi connectivity index (χ1v) is 8.50. The number of benzene rings is 2. The molecule has 1 N–H and O–H groups in total. The van der Waals surface area contributed by atoms with Crippen molar-refractivity contribution in [1.29, 1.82) is 0 Å². The quantitative estimate of drug-likeness (QED) is 0.673. The second-order valence-corrected chi connectivity index (χ2v) is 7.13. The van der Waals surface area contributed by atoms with Gasteiger partial charge in [0.15, 0.2) is 5.78 Å². The fourth-order valence-corrected chi connectivity index (χ4v) is 3.53. The molecule has 0 saturated carbocycles. The van der Waals surface area contributed by atoms with Gasteiger partial charge in [-0.3, -0.25) is 9.78 Å². The van der Waals surface area contributed by atoms with Crippen LogP contribution in [0.5, 0.6) is 0 Å². The Morgan fingerprint density at radius 3 is 2.56 bits per heavy atom. The van der Waals surface area contributed by atoms with Gasteiger partial charge in [-0.2, -0.15) is 0 Å². The molecule has 3 nitrogen and oxygen atoms in total. The van der Waals surface area contributed by atoms with E-state index in [0.29, 0.717) is 0 Å². The summed E-state index contributed by atoms with van der Waals surface area (Å²) in [5.41, 5.74) is 4.30. The van der Waals surface area contributed by atoms with Crippen LogP contribution in [0.3, 0.4) is 0 Å². The Morgan fingerprint density at radius 2 is 1.76 bits per heavy atom. The van der Waals surface area contributed by atoms with E-state index in [1.54, 1.807) is 6.20 Å². The first-order valence-electron chi connectivity index (χ1n) is 8.50. The molecule has 1 aliphatic carbocycles. The zero-order valence-corrected chi connectivity index (χ0v) is 14.4. The van der Waals surface area contributed by atoms with E-state index in [1.165, 1.54) is 0 Å². The second-order valence-electron chi connectivity index (χ2n) is 7.13. The minimum absolute atomic E-state index is 0.0629. The molecule has 3 heteroatoms. The summed E-state index contributed by atoms with van der Waals surface area (Å²) in [6.45, 7) is 4.25. The predicted molar refractivity (Wildman–Crippen MR) is 102 cm³/mol. The molecule has 0 amide bonds. The molecule has 2 aromatic carbocycles. The Bertz CT molecular complexity index is 987. The molecule has 25 heavy (non-hydrogen) atoms. The SMILES string of the molecule is CC1(C)Cc2c(cnc3ccccc23)C(=O)C1=CNc1ccccc1. The monoisotopic (exact) mass is 328 g/mol. The molecule has 1 heterocycles. The maximum Gasteiger partial charge on any atom is 0.192 e. The van der Waals surface area contributed by atoms with Crippen LogP contribution in [0.1, 0.15) is 29.8 Å². The zero-order valence-electron chi connectivity index (χ0n) is 14.4. The van der Waals surface area contributed by atoms with Crippen LogP contribution in [-0.2, 0) is 6.42 Å². The number of nitrogens with one attached hydrogen (secondary N) is 1. The average Bonchev–Trinajstić information content (AvgIpc) is 2.62. The second kappa shape index (κ2) is 5.85. The molecule has 0 saturated heterocycles. The number of ketones is 1. The lowest BCUT2D eigenvalue weighted by atomic mass is 9.70. The van der Waals surface area contributed by atoms with Crippen molar-refractivity contribution in [2.75, 3.05) is 5.32 Å². The summed E-state index contributed by atoms with van der Waals surface area (Å²) in [5.74, 6) is 0.0629. The van der Waals surface area contributed by atoms with Crippen LogP contribution in [0, 0.1) is 5.41 Å². The molecule has 0 fully saturated rings. The summed E-state index contributed by atoms with van der Waals surface area (Å²) in [4.78, 5) is 17.6. The Balaban J connectivity index is 1.79. The maximum absolute atomic E-state index is 13.1. The summed E-state index contributed by atoms with van der Waals surface area (Å²) in [7, 11) is 0. The molecule has 0 unspecified atom stereocenters. The molecule has 0 aliphatic heterocycles. The van der Waals surface area contributed by atoms with Crippen molar-refractivity contribution in [3.05, 3.63) is 83.7 Å². The van der Waals surface area contributed by atoms with Gasteiger partial charge in [0.1, 0.15) is 0 Å². The number of fused-ring (bicyclic) bond motifs is 3. The summed E-state index contributed by atoms with van der Waals surface area (Å²) in [6, 6.07) is 17.9. The van der Waals surface area contributed by atoms with Crippen LogP contribution in [0.2, 0.25) is 0 Å². The van der Waals surface area contributed by atoms with Gasteiger partial charge in [-0.15, -0.1) is 0 Å². The van der Waals surface area contributed by atoms with Crippen LogP contribution in [-0.4, -0.2) is 10.8 Å². The normalized spacial score (nSPS) is 17.5. The first-order chi connectivity index (χ1) is 12.1. The number of anilines is 1. The van der Waals surface area contributed by atoms with Crippen molar-refractivity contribution in [1.82, 2.24) is 4.98 Å². The predicted octanol–water partition coefficient (Wildman–Crippen LogP) is 5.00.